The summed E-state index contributed by atoms with van der Waals surface area (Å²) in [5.41, 5.74) is 2.97. The van der Waals surface area contributed by atoms with Gasteiger partial charge in [-0.2, -0.15) is 0 Å². The van der Waals surface area contributed by atoms with Gasteiger partial charge in [0.05, 0.1) is 17.6 Å². The fraction of sp³-hybridized carbons (Fsp3) is 0.391. The van der Waals surface area contributed by atoms with Crippen LogP contribution in [0, 0.1) is 5.82 Å². The highest BCUT2D eigenvalue weighted by Gasteiger charge is 2.29. The van der Waals surface area contributed by atoms with E-state index in [0.29, 0.717) is 13.1 Å². The Balaban J connectivity index is 1.58. The molecule has 1 fully saturated rings. The first-order valence-corrected chi connectivity index (χ1v) is 10.5. The zero-order valence-electron chi connectivity index (χ0n) is 17.2. The monoisotopic (exact) mass is 410 g/mol. The minimum Gasteiger partial charge on any atom is -0.465 e. The maximum Gasteiger partial charge on any atom is 0.407 e. The molecule has 0 bridgehead atoms. The van der Waals surface area contributed by atoms with Crippen LogP contribution in [0.2, 0.25) is 0 Å². The number of imidazole rings is 1. The summed E-state index contributed by atoms with van der Waals surface area (Å²) in [5, 5.41) is 9.53. The fourth-order valence-corrected chi connectivity index (χ4v) is 4.29. The Morgan fingerprint density at radius 2 is 1.87 bits per heavy atom. The van der Waals surface area contributed by atoms with Crippen molar-refractivity contribution in [2.75, 3.05) is 24.5 Å². The van der Waals surface area contributed by atoms with Crippen LogP contribution < -0.4 is 4.90 Å². The van der Waals surface area contributed by atoms with E-state index in [4.69, 9.17) is 4.98 Å². The molecule has 0 spiro atoms. The lowest BCUT2D eigenvalue weighted by Crippen LogP contribution is -2.47. The van der Waals surface area contributed by atoms with Crippen LogP contribution in [0.25, 0.3) is 11.0 Å². The van der Waals surface area contributed by atoms with Crippen LogP contribution in [-0.4, -0.2) is 51.3 Å². The Hall–Kier alpha value is -3.09. The number of piperidine rings is 1. The molecule has 1 amide bonds. The van der Waals surface area contributed by atoms with Gasteiger partial charge in [-0.05, 0) is 49.1 Å². The largest absolute Gasteiger partial charge is 0.465 e. The second-order valence-corrected chi connectivity index (χ2v) is 7.81. The van der Waals surface area contributed by atoms with Crippen molar-refractivity contribution in [1.29, 1.82) is 0 Å². The summed E-state index contributed by atoms with van der Waals surface area (Å²) in [6, 6.07) is 14.6. The zero-order chi connectivity index (χ0) is 21.1. The van der Waals surface area contributed by atoms with Crippen LogP contribution in [-0.2, 0) is 6.54 Å². The number of carboxylic acid groups (broad SMARTS) is 1. The summed E-state index contributed by atoms with van der Waals surface area (Å²) in [5.74, 6) is 0.642. The average molecular weight is 410 g/mol. The maximum atomic E-state index is 13.3. The Morgan fingerprint density at radius 1 is 1.17 bits per heavy atom. The highest BCUT2D eigenvalue weighted by Crippen LogP contribution is 2.27. The van der Waals surface area contributed by atoms with Crippen molar-refractivity contribution in [3.8, 4) is 0 Å². The van der Waals surface area contributed by atoms with Crippen molar-refractivity contribution >= 4 is 23.1 Å². The molecule has 3 aromatic rings. The van der Waals surface area contributed by atoms with Crippen LogP contribution in [0.3, 0.4) is 0 Å². The summed E-state index contributed by atoms with van der Waals surface area (Å²) in [7, 11) is 0. The van der Waals surface area contributed by atoms with E-state index >= 15 is 0 Å². The molecule has 0 unspecified atom stereocenters. The molecule has 0 atom stereocenters. The highest BCUT2D eigenvalue weighted by molar-refractivity contribution is 5.79. The van der Waals surface area contributed by atoms with Gasteiger partial charge in [-0.25, -0.2) is 14.2 Å². The molecular weight excluding hydrogens is 383 g/mol. The van der Waals surface area contributed by atoms with Crippen LogP contribution >= 0.6 is 0 Å². The second-order valence-electron chi connectivity index (χ2n) is 7.81. The second kappa shape index (κ2) is 8.73. The lowest BCUT2D eigenvalue weighted by molar-refractivity contribution is 0.115. The molecule has 2 aromatic carbocycles. The number of para-hydroxylation sites is 2. The van der Waals surface area contributed by atoms with E-state index in [1.54, 1.807) is 17.0 Å². The van der Waals surface area contributed by atoms with Gasteiger partial charge in [-0.1, -0.05) is 31.2 Å². The molecule has 2 heterocycles. The van der Waals surface area contributed by atoms with Crippen molar-refractivity contribution in [3.05, 3.63) is 59.9 Å². The third-order valence-corrected chi connectivity index (χ3v) is 5.79. The minimum absolute atomic E-state index is 0.0497. The summed E-state index contributed by atoms with van der Waals surface area (Å²) >= 11 is 0. The maximum absolute atomic E-state index is 13.3. The molecule has 1 aliphatic rings. The predicted molar refractivity (Wildman–Crippen MR) is 115 cm³/mol. The summed E-state index contributed by atoms with van der Waals surface area (Å²) in [4.78, 5) is 20.3. The topological polar surface area (TPSA) is 61.6 Å². The molecule has 30 heavy (non-hydrogen) atoms. The van der Waals surface area contributed by atoms with Crippen molar-refractivity contribution in [2.45, 2.75) is 38.8 Å². The summed E-state index contributed by atoms with van der Waals surface area (Å²) in [6.45, 7) is 4.69. The first-order valence-electron chi connectivity index (χ1n) is 10.5. The van der Waals surface area contributed by atoms with Crippen molar-refractivity contribution < 1.29 is 14.3 Å². The summed E-state index contributed by atoms with van der Waals surface area (Å²) in [6.07, 6.45) is 1.55. The van der Waals surface area contributed by atoms with Crippen LogP contribution in [0.15, 0.2) is 48.5 Å². The Morgan fingerprint density at radius 3 is 2.53 bits per heavy atom. The standard InChI is InChI=1S/C23H27FN4O2/c1-2-13-27(23(29)30)19-11-14-26(15-12-19)22-25-20-5-3-4-6-21(20)28(22)16-17-7-9-18(24)10-8-17/h3-10,19H,2,11-16H2,1H3,(H,29,30). The van der Waals surface area contributed by atoms with Gasteiger partial charge in [0.15, 0.2) is 0 Å². The fourth-order valence-electron chi connectivity index (χ4n) is 4.29. The van der Waals surface area contributed by atoms with Crippen molar-refractivity contribution in [2.24, 2.45) is 0 Å². The number of fused-ring (bicyclic) bond motifs is 1. The van der Waals surface area contributed by atoms with Gasteiger partial charge in [-0.15, -0.1) is 0 Å². The third kappa shape index (κ3) is 4.10. The van der Waals surface area contributed by atoms with E-state index in [9.17, 15) is 14.3 Å². The van der Waals surface area contributed by atoms with Crippen LogP contribution in [0.4, 0.5) is 15.1 Å². The van der Waals surface area contributed by atoms with E-state index in [2.05, 4.69) is 15.5 Å². The van der Waals surface area contributed by atoms with E-state index in [1.807, 2.05) is 25.1 Å². The first kappa shape index (κ1) is 20.2. The zero-order valence-corrected chi connectivity index (χ0v) is 17.2. The van der Waals surface area contributed by atoms with Crippen LogP contribution in [0.5, 0.6) is 0 Å². The van der Waals surface area contributed by atoms with Gasteiger partial charge >= 0.3 is 6.09 Å². The average Bonchev–Trinajstić information content (AvgIpc) is 3.12. The number of amides is 1. The van der Waals surface area contributed by atoms with Gasteiger partial charge < -0.3 is 19.5 Å². The summed E-state index contributed by atoms with van der Waals surface area (Å²) < 4.78 is 15.5. The van der Waals surface area contributed by atoms with Gasteiger partial charge in [0, 0.05) is 25.7 Å². The van der Waals surface area contributed by atoms with Gasteiger partial charge in [-0.3, -0.25) is 0 Å². The molecule has 0 radical (unpaired) electrons. The number of anilines is 1. The molecule has 1 saturated heterocycles. The minimum atomic E-state index is -0.834. The van der Waals surface area contributed by atoms with Crippen molar-refractivity contribution in [1.82, 2.24) is 14.5 Å². The van der Waals surface area contributed by atoms with Crippen molar-refractivity contribution in [3.63, 3.8) is 0 Å². The number of carbonyl (C=O) groups is 1. The van der Waals surface area contributed by atoms with Crippen LogP contribution in [0.1, 0.15) is 31.7 Å². The number of hydrogen-bond donors (Lipinski definition) is 1. The van der Waals surface area contributed by atoms with E-state index in [0.717, 1.165) is 54.9 Å². The number of benzene rings is 2. The lowest BCUT2D eigenvalue weighted by atomic mass is 10.0. The molecule has 0 saturated carbocycles. The molecule has 6 nitrogen and oxygen atoms in total. The number of aromatic nitrogens is 2. The molecule has 1 aromatic heterocycles. The number of halogens is 1. The Kier molecular flexibility index (Phi) is 5.88. The van der Waals surface area contributed by atoms with Gasteiger partial charge in [0.1, 0.15) is 5.82 Å². The van der Waals surface area contributed by atoms with E-state index in [-0.39, 0.29) is 11.9 Å². The number of rotatable bonds is 6. The molecule has 0 aliphatic carbocycles. The quantitative estimate of drug-likeness (QED) is 0.646. The first-order chi connectivity index (χ1) is 14.6. The SMILES string of the molecule is CCCN(C(=O)O)C1CCN(c2nc3ccccc3n2Cc2ccc(F)cc2)CC1. The van der Waals surface area contributed by atoms with E-state index < -0.39 is 6.09 Å². The smallest absolute Gasteiger partial charge is 0.407 e. The Bertz CT molecular complexity index is 1010. The number of nitrogens with zero attached hydrogens (tertiary/aromatic N) is 4. The van der Waals surface area contributed by atoms with Gasteiger partial charge in [0.2, 0.25) is 5.95 Å². The third-order valence-electron chi connectivity index (χ3n) is 5.79. The predicted octanol–water partition coefficient (Wildman–Crippen LogP) is 4.58. The van der Waals surface area contributed by atoms with Gasteiger partial charge in [0.25, 0.3) is 0 Å². The molecular formula is C23H27FN4O2. The molecule has 7 heteroatoms. The molecule has 1 N–H and O–H groups in total. The normalized spacial score (nSPS) is 14.9. The molecule has 158 valence electrons. The molecule has 1 aliphatic heterocycles. The van der Waals surface area contributed by atoms with E-state index in [1.165, 1.54) is 12.1 Å². The number of hydrogen-bond acceptors (Lipinski definition) is 3. The molecule has 4 rings (SSSR count). The lowest BCUT2D eigenvalue weighted by Gasteiger charge is -2.37. The Labute approximate surface area is 175 Å². The highest BCUT2D eigenvalue weighted by atomic mass is 19.1.